The molecule has 1 aromatic rings. The molecule has 2 nitrogen and oxygen atoms in total. The quantitative estimate of drug-likeness (QED) is 0.746. The van der Waals surface area contributed by atoms with Gasteiger partial charge in [-0.2, -0.15) is 31.6 Å². The van der Waals surface area contributed by atoms with Crippen molar-refractivity contribution in [2.45, 2.75) is 37.0 Å². The number of hydrogen-bond acceptors (Lipinski definition) is 2. The Bertz CT molecular complexity index is 588. The minimum atomic E-state index is -6.17. The number of halogens is 7. The molecule has 0 N–H and O–H groups in total. The van der Waals surface area contributed by atoms with Crippen molar-refractivity contribution in [2.24, 2.45) is 0 Å². The summed E-state index contributed by atoms with van der Waals surface area (Å²) >= 11 is 0. The smallest absolute Gasteiger partial charge is 0.374 e. The van der Waals surface area contributed by atoms with Crippen molar-refractivity contribution in [1.82, 2.24) is 0 Å². The molecule has 0 spiro atoms. The Morgan fingerprint density at radius 3 is 1.96 bits per heavy atom. The highest BCUT2D eigenvalue weighted by atomic mass is 19.4. The summed E-state index contributed by atoms with van der Waals surface area (Å²) in [4.78, 5) is 0. The van der Waals surface area contributed by atoms with Crippen LogP contribution in [0.4, 0.5) is 30.7 Å². The summed E-state index contributed by atoms with van der Waals surface area (Å²) in [5.41, 5.74) is -7.87. The van der Waals surface area contributed by atoms with E-state index < -0.39 is 30.0 Å². The van der Waals surface area contributed by atoms with E-state index in [9.17, 15) is 30.7 Å². The molecule has 23 heavy (non-hydrogen) atoms. The highest BCUT2D eigenvalue weighted by molar-refractivity contribution is 5.35. The maximum atomic E-state index is 14.0. The molecular formula is C14H12F7NO. The van der Waals surface area contributed by atoms with Gasteiger partial charge in [0, 0.05) is 13.5 Å². The zero-order chi connectivity index (χ0) is 18.1. The van der Waals surface area contributed by atoms with Gasteiger partial charge in [0.1, 0.15) is 0 Å². The minimum absolute atomic E-state index is 0.00532. The van der Waals surface area contributed by atoms with Gasteiger partial charge in [-0.15, -0.1) is 0 Å². The summed E-state index contributed by atoms with van der Waals surface area (Å²) in [6.07, 6.45) is -14.4. The van der Waals surface area contributed by atoms with E-state index in [4.69, 9.17) is 10.00 Å². The van der Waals surface area contributed by atoms with Gasteiger partial charge in [0.2, 0.25) is 0 Å². The second-order valence-electron chi connectivity index (χ2n) is 5.10. The lowest BCUT2D eigenvalue weighted by molar-refractivity contribution is -0.353. The molecule has 0 aliphatic rings. The second kappa shape index (κ2) is 6.00. The van der Waals surface area contributed by atoms with Crippen LogP contribution in [0.5, 0.6) is 0 Å². The predicted octanol–water partition coefficient (Wildman–Crippen LogP) is 4.64. The van der Waals surface area contributed by atoms with Crippen molar-refractivity contribution < 1.29 is 35.5 Å². The number of ether oxygens (including phenoxy) is 1. The maximum absolute atomic E-state index is 14.0. The van der Waals surface area contributed by atoms with Crippen LogP contribution in [-0.4, -0.2) is 25.1 Å². The van der Waals surface area contributed by atoms with Crippen molar-refractivity contribution in [3.05, 3.63) is 35.4 Å². The SMILES string of the molecule is COC(C)(CC(F)(C(F)(F)F)C(F)(F)F)c1cccc(C#N)c1. The minimum Gasteiger partial charge on any atom is -0.374 e. The van der Waals surface area contributed by atoms with Gasteiger partial charge in [-0.3, -0.25) is 0 Å². The van der Waals surface area contributed by atoms with Crippen LogP contribution in [0.2, 0.25) is 0 Å². The molecule has 1 atom stereocenters. The molecule has 0 fully saturated rings. The Morgan fingerprint density at radius 2 is 1.57 bits per heavy atom. The van der Waals surface area contributed by atoms with Gasteiger partial charge >= 0.3 is 18.0 Å². The molecule has 0 heterocycles. The average Bonchev–Trinajstić information content (AvgIpc) is 2.44. The van der Waals surface area contributed by atoms with Crippen molar-refractivity contribution in [3.8, 4) is 6.07 Å². The van der Waals surface area contributed by atoms with Gasteiger partial charge in [-0.1, -0.05) is 12.1 Å². The molecule has 1 rings (SSSR count). The summed E-state index contributed by atoms with van der Waals surface area (Å²) < 4.78 is 95.1. The molecule has 0 aliphatic heterocycles. The first-order chi connectivity index (χ1) is 10.3. The Hall–Kier alpha value is -1.82. The third-order valence-electron chi connectivity index (χ3n) is 3.53. The number of alkyl halides is 7. The molecule has 0 amide bonds. The van der Waals surface area contributed by atoms with Gasteiger partial charge in [-0.25, -0.2) is 4.39 Å². The summed E-state index contributed by atoms with van der Waals surface area (Å²) in [5, 5.41) is 8.77. The Balaban J connectivity index is 3.41. The third-order valence-corrected chi connectivity index (χ3v) is 3.53. The van der Waals surface area contributed by atoms with Crippen LogP contribution < -0.4 is 0 Å². The van der Waals surface area contributed by atoms with Gasteiger partial charge in [0.05, 0.1) is 17.2 Å². The predicted molar refractivity (Wildman–Crippen MR) is 66.1 cm³/mol. The molecule has 0 aromatic heterocycles. The fourth-order valence-corrected chi connectivity index (χ4v) is 2.04. The summed E-state index contributed by atoms with van der Waals surface area (Å²) in [6.45, 7) is 0.898. The van der Waals surface area contributed by atoms with E-state index in [1.807, 2.05) is 0 Å². The lowest BCUT2D eigenvalue weighted by Gasteiger charge is -2.38. The van der Waals surface area contributed by atoms with Crippen LogP contribution >= 0.6 is 0 Å². The Labute approximate surface area is 127 Å². The first kappa shape index (κ1) is 19.2. The van der Waals surface area contributed by atoms with Crippen LogP contribution in [-0.2, 0) is 10.3 Å². The van der Waals surface area contributed by atoms with E-state index >= 15 is 0 Å². The molecule has 0 bridgehead atoms. The van der Waals surface area contributed by atoms with Crippen molar-refractivity contribution in [2.75, 3.05) is 7.11 Å². The Morgan fingerprint density at radius 1 is 1.04 bits per heavy atom. The number of methoxy groups -OCH3 is 1. The number of nitrogens with zero attached hydrogens (tertiary/aromatic N) is 1. The molecule has 1 aromatic carbocycles. The highest BCUT2D eigenvalue weighted by Gasteiger charge is 2.74. The van der Waals surface area contributed by atoms with E-state index in [0.29, 0.717) is 0 Å². The number of nitriles is 1. The molecule has 0 saturated carbocycles. The normalized spacial score (nSPS) is 15.8. The van der Waals surface area contributed by atoms with Gasteiger partial charge in [-0.05, 0) is 24.6 Å². The first-order valence-corrected chi connectivity index (χ1v) is 6.19. The number of rotatable bonds is 4. The first-order valence-electron chi connectivity index (χ1n) is 6.19. The van der Waals surface area contributed by atoms with Crippen LogP contribution in [0.1, 0.15) is 24.5 Å². The standard InChI is InChI=1S/C14H12F7NO/c1-11(23-2,10-5-3-4-9(6-10)7-22)8-12(15,13(16,17)18)14(19,20)21/h3-6H,8H2,1-2H3. The van der Waals surface area contributed by atoms with E-state index in [-0.39, 0.29) is 11.1 Å². The van der Waals surface area contributed by atoms with E-state index in [1.165, 1.54) is 12.1 Å². The van der Waals surface area contributed by atoms with Gasteiger partial charge in [0.25, 0.3) is 0 Å². The summed E-state index contributed by atoms with van der Waals surface area (Å²) in [6, 6.07) is 6.47. The van der Waals surface area contributed by atoms with Gasteiger partial charge in [0.15, 0.2) is 0 Å². The van der Waals surface area contributed by atoms with Crippen molar-refractivity contribution in [3.63, 3.8) is 0 Å². The van der Waals surface area contributed by atoms with E-state index in [2.05, 4.69) is 0 Å². The largest absolute Gasteiger partial charge is 0.431 e. The molecule has 0 radical (unpaired) electrons. The van der Waals surface area contributed by atoms with Gasteiger partial charge < -0.3 is 4.74 Å². The lowest BCUT2D eigenvalue weighted by atomic mass is 9.82. The summed E-state index contributed by atoms with van der Waals surface area (Å²) in [7, 11) is 0.867. The maximum Gasteiger partial charge on any atom is 0.431 e. The second-order valence-corrected chi connectivity index (χ2v) is 5.10. The summed E-state index contributed by atoms with van der Waals surface area (Å²) in [5.74, 6) is 0. The van der Waals surface area contributed by atoms with Crippen LogP contribution in [0, 0.1) is 11.3 Å². The molecule has 1 unspecified atom stereocenters. The fraction of sp³-hybridized carbons (Fsp3) is 0.500. The van der Waals surface area contributed by atoms with Crippen LogP contribution in [0.15, 0.2) is 24.3 Å². The molecule has 0 saturated heterocycles. The highest BCUT2D eigenvalue weighted by Crippen LogP contribution is 2.52. The zero-order valence-corrected chi connectivity index (χ0v) is 12.0. The third kappa shape index (κ3) is 3.58. The number of hydrogen-bond donors (Lipinski definition) is 0. The average molecular weight is 343 g/mol. The van der Waals surface area contributed by atoms with Crippen molar-refractivity contribution in [1.29, 1.82) is 5.26 Å². The monoisotopic (exact) mass is 343 g/mol. The zero-order valence-electron chi connectivity index (χ0n) is 12.0. The lowest BCUT2D eigenvalue weighted by Crippen LogP contribution is -2.56. The van der Waals surface area contributed by atoms with Crippen molar-refractivity contribution >= 4 is 0 Å². The number of benzene rings is 1. The fourth-order valence-electron chi connectivity index (χ4n) is 2.04. The van der Waals surface area contributed by atoms with E-state index in [0.717, 1.165) is 26.2 Å². The molecule has 9 heteroatoms. The van der Waals surface area contributed by atoms with E-state index in [1.54, 1.807) is 6.07 Å². The van der Waals surface area contributed by atoms with Crippen LogP contribution in [0.25, 0.3) is 0 Å². The molecule has 128 valence electrons. The molecular weight excluding hydrogens is 331 g/mol. The Kier molecular flexibility index (Phi) is 5.01. The topological polar surface area (TPSA) is 33.0 Å². The van der Waals surface area contributed by atoms with Crippen LogP contribution in [0.3, 0.4) is 0 Å². The molecule has 0 aliphatic carbocycles.